The van der Waals surface area contributed by atoms with Gasteiger partial charge in [0.25, 0.3) is 0 Å². The molecule has 3 saturated heterocycles. The number of esters is 1. The Morgan fingerprint density at radius 3 is 2.29 bits per heavy atom. The molecule has 314 valence electrons. The number of likely N-dealkylation sites (N-methyl/N-ethyl adjacent to an activating group) is 1. The van der Waals surface area contributed by atoms with E-state index in [-0.39, 0.29) is 50.5 Å². The van der Waals surface area contributed by atoms with Gasteiger partial charge in [-0.25, -0.2) is 0 Å². The van der Waals surface area contributed by atoms with E-state index in [0.29, 0.717) is 13.0 Å². The smallest absolute Gasteiger partial charge is 0.311 e. The van der Waals surface area contributed by atoms with Gasteiger partial charge in [0.05, 0.1) is 49.1 Å². The Labute approximate surface area is 328 Å². The lowest BCUT2D eigenvalue weighted by atomic mass is 9.74. The first-order valence-corrected chi connectivity index (χ1v) is 20.3. The number of nitrogens with zero attached hydrogens (tertiary/aromatic N) is 1. The number of aliphatic hydroxyl groups excluding tert-OH is 2. The third kappa shape index (κ3) is 10.9. The first kappa shape index (κ1) is 45.7. The van der Waals surface area contributed by atoms with Crippen LogP contribution < -0.4 is 5.32 Å². The summed E-state index contributed by atoms with van der Waals surface area (Å²) in [6, 6.07) is 9.89. The number of carbonyl (C=O) groups excluding carboxylic acids is 2. The summed E-state index contributed by atoms with van der Waals surface area (Å²) in [5.74, 6) is -4.35. The van der Waals surface area contributed by atoms with E-state index in [4.69, 9.17) is 23.7 Å². The number of benzene rings is 1. The standard InChI is InChI=1S/C42H70N2O11/c1-11-32-41(8,49)36(47)27(4)33(45)25(2)21-40(7)37(55-39-34(46)31(44(9)10)20-26(3)53-39)28(5)35(29(6)38(48)54-32)51-23-42(50,24-52-40)22-43-19-15-18-30-16-13-12-14-17-30/h12-14,16-17,25-29,31-32,34-37,39,43,46-47,49-50H,11,15,18-24H2,1-10H3/t25-,26-,27+,28+,29-,31+,32-,34-,35+,36-,37-,39-,40-,41-,42?/m1/s1. The van der Waals surface area contributed by atoms with E-state index in [1.807, 2.05) is 58.0 Å². The summed E-state index contributed by atoms with van der Waals surface area (Å²) >= 11 is 0. The van der Waals surface area contributed by atoms with Gasteiger partial charge in [0.15, 0.2) is 6.29 Å². The molecule has 1 unspecified atom stereocenters. The number of aryl methyl sites for hydroxylation is 1. The number of hydrogen-bond acceptors (Lipinski definition) is 13. The fraction of sp³-hybridized carbons (Fsp3) is 0.810. The van der Waals surface area contributed by atoms with Crippen LogP contribution in [0.2, 0.25) is 0 Å². The molecular weight excluding hydrogens is 708 g/mol. The number of ketones is 1. The van der Waals surface area contributed by atoms with Gasteiger partial charge in [-0.15, -0.1) is 0 Å². The zero-order valence-corrected chi connectivity index (χ0v) is 34.8. The number of rotatable bonds is 10. The molecule has 55 heavy (non-hydrogen) atoms. The molecule has 13 heteroatoms. The van der Waals surface area contributed by atoms with E-state index in [2.05, 4.69) is 17.4 Å². The molecule has 0 aliphatic carbocycles. The molecule has 5 N–H and O–H groups in total. The van der Waals surface area contributed by atoms with Crippen LogP contribution in [0.4, 0.5) is 0 Å². The van der Waals surface area contributed by atoms with Crippen molar-refractivity contribution in [2.24, 2.45) is 23.7 Å². The maximum atomic E-state index is 14.2. The molecular formula is C42H70N2O11. The fourth-order valence-corrected chi connectivity index (χ4v) is 8.89. The normalized spacial score (nSPS) is 42.6. The summed E-state index contributed by atoms with van der Waals surface area (Å²) < 4.78 is 32.4. The highest BCUT2D eigenvalue weighted by molar-refractivity contribution is 5.83. The third-order valence-corrected chi connectivity index (χ3v) is 12.3. The molecule has 1 aromatic rings. The lowest BCUT2D eigenvalue weighted by Gasteiger charge is -2.48. The van der Waals surface area contributed by atoms with Crippen molar-refractivity contribution in [2.75, 3.05) is 40.4 Å². The van der Waals surface area contributed by atoms with E-state index < -0.39 is 83.3 Å². The van der Waals surface area contributed by atoms with Crippen LogP contribution in [0.25, 0.3) is 0 Å². The van der Waals surface area contributed by atoms with Crippen LogP contribution in [0.5, 0.6) is 0 Å². The van der Waals surface area contributed by atoms with Crippen LogP contribution in [0, 0.1) is 23.7 Å². The van der Waals surface area contributed by atoms with E-state index in [9.17, 15) is 30.0 Å². The van der Waals surface area contributed by atoms with Crippen LogP contribution in [0.1, 0.15) is 86.6 Å². The number of nitrogens with one attached hydrogen (secondary N) is 1. The van der Waals surface area contributed by atoms with Crippen LogP contribution >= 0.6 is 0 Å². The molecule has 1 aromatic carbocycles. The van der Waals surface area contributed by atoms with Gasteiger partial charge in [0.2, 0.25) is 0 Å². The predicted octanol–water partition coefficient (Wildman–Crippen LogP) is 2.88. The van der Waals surface area contributed by atoms with E-state index in [0.717, 1.165) is 12.8 Å². The minimum Gasteiger partial charge on any atom is -0.459 e. The number of fused-ring (bicyclic) bond motifs is 3. The second-order valence-electron chi connectivity index (χ2n) is 17.4. The maximum absolute atomic E-state index is 14.2. The van der Waals surface area contributed by atoms with Crippen molar-refractivity contribution in [1.29, 1.82) is 0 Å². The van der Waals surface area contributed by atoms with Crippen LogP contribution in [-0.2, 0) is 39.7 Å². The fourth-order valence-electron chi connectivity index (χ4n) is 8.89. The Morgan fingerprint density at radius 1 is 0.982 bits per heavy atom. The number of Topliss-reactive ketones (excluding diaryl/α,β-unsaturated/α-hetero) is 1. The predicted molar refractivity (Wildman–Crippen MR) is 207 cm³/mol. The summed E-state index contributed by atoms with van der Waals surface area (Å²) in [7, 11) is 3.78. The van der Waals surface area contributed by atoms with Gasteiger partial charge in [0.1, 0.15) is 29.2 Å². The quantitative estimate of drug-likeness (QED) is 0.173. The van der Waals surface area contributed by atoms with Gasteiger partial charge in [-0.05, 0) is 86.0 Å². The Bertz CT molecular complexity index is 1380. The Balaban J connectivity index is 1.77. The Hall–Kier alpha value is -2.04. The molecule has 15 atom stereocenters. The highest BCUT2D eigenvalue weighted by Crippen LogP contribution is 2.41. The molecule has 13 nitrogen and oxygen atoms in total. The van der Waals surface area contributed by atoms with Gasteiger partial charge in [-0.3, -0.25) is 9.59 Å². The van der Waals surface area contributed by atoms with Gasteiger partial charge in [-0.1, -0.05) is 58.0 Å². The molecule has 0 radical (unpaired) electrons. The summed E-state index contributed by atoms with van der Waals surface area (Å²) in [5, 5.41) is 50.3. The summed E-state index contributed by atoms with van der Waals surface area (Å²) in [4.78, 5) is 30.2. The molecule has 3 aliphatic rings. The van der Waals surface area contributed by atoms with Crippen molar-refractivity contribution in [2.45, 2.75) is 153 Å². The second kappa shape index (κ2) is 19.1. The van der Waals surface area contributed by atoms with Gasteiger partial charge < -0.3 is 54.3 Å². The average molecular weight is 779 g/mol. The zero-order valence-electron chi connectivity index (χ0n) is 34.8. The molecule has 4 rings (SSSR count). The van der Waals surface area contributed by atoms with Crippen molar-refractivity contribution in [3.05, 3.63) is 35.9 Å². The number of cyclic esters (lactones) is 1. The average Bonchev–Trinajstić information content (AvgIpc) is 3.17. The molecule has 0 amide bonds. The van der Waals surface area contributed by atoms with Crippen molar-refractivity contribution in [3.8, 4) is 0 Å². The second-order valence-corrected chi connectivity index (χ2v) is 17.4. The largest absolute Gasteiger partial charge is 0.459 e. The molecule has 2 bridgehead atoms. The van der Waals surface area contributed by atoms with Gasteiger partial charge >= 0.3 is 5.97 Å². The molecule has 0 saturated carbocycles. The first-order valence-electron chi connectivity index (χ1n) is 20.3. The van der Waals surface area contributed by atoms with Crippen LogP contribution in [0.15, 0.2) is 30.3 Å². The molecule has 3 fully saturated rings. The highest BCUT2D eigenvalue weighted by atomic mass is 16.7. The van der Waals surface area contributed by atoms with Crippen molar-refractivity contribution < 1.29 is 53.7 Å². The molecule has 0 spiro atoms. The minimum absolute atomic E-state index is 0.0822. The SMILES string of the molecule is CC[C@H]1OC(=O)[C@H](C)[C@H]2OCC(O)(CNCCCc3ccccc3)CO[C@](C)(C[C@@H](C)C(=O)[C@H](C)[C@@H](O)[C@]1(C)O)[C@H](O[C@H]1O[C@H](C)C[C@H](N(C)C)[C@H]1O)[C@H]2C. The summed E-state index contributed by atoms with van der Waals surface area (Å²) in [5.41, 5.74) is -3.61. The summed E-state index contributed by atoms with van der Waals surface area (Å²) in [6.07, 6.45) is -4.40. The molecule has 0 aromatic heterocycles. The maximum Gasteiger partial charge on any atom is 0.311 e. The van der Waals surface area contributed by atoms with Crippen molar-refractivity contribution in [3.63, 3.8) is 0 Å². The van der Waals surface area contributed by atoms with Crippen LogP contribution in [0.3, 0.4) is 0 Å². The van der Waals surface area contributed by atoms with Crippen molar-refractivity contribution in [1.82, 2.24) is 10.2 Å². The Morgan fingerprint density at radius 2 is 1.65 bits per heavy atom. The molecule has 3 heterocycles. The zero-order chi connectivity index (χ0) is 40.9. The lowest BCUT2D eigenvalue weighted by molar-refractivity contribution is -0.303. The number of ether oxygens (including phenoxy) is 5. The first-order chi connectivity index (χ1) is 25.7. The van der Waals surface area contributed by atoms with E-state index >= 15 is 0 Å². The van der Waals surface area contributed by atoms with Gasteiger partial charge in [-0.2, -0.15) is 0 Å². The lowest BCUT2D eigenvalue weighted by Crippen LogP contribution is -2.60. The number of hydrogen-bond donors (Lipinski definition) is 5. The van der Waals surface area contributed by atoms with E-state index in [1.54, 1.807) is 27.7 Å². The van der Waals surface area contributed by atoms with Crippen molar-refractivity contribution >= 4 is 11.8 Å². The monoisotopic (exact) mass is 778 g/mol. The minimum atomic E-state index is -1.94. The highest BCUT2D eigenvalue weighted by Gasteiger charge is 2.54. The third-order valence-electron chi connectivity index (χ3n) is 12.3. The van der Waals surface area contributed by atoms with Crippen LogP contribution in [-0.4, -0.2) is 143 Å². The number of carbonyl (C=O) groups is 2. The summed E-state index contributed by atoms with van der Waals surface area (Å²) in [6.45, 7) is 14.0. The Kier molecular flexibility index (Phi) is 15.9. The van der Waals surface area contributed by atoms with E-state index in [1.165, 1.54) is 12.5 Å². The number of aliphatic hydroxyl groups is 4. The topological polar surface area (TPSA) is 176 Å². The molecule has 3 aliphatic heterocycles. The van der Waals surface area contributed by atoms with Gasteiger partial charge in [0, 0.05) is 30.3 Å².